The van der Waals surface area contributed by atoms with E-state index < -0.39 is 12.8 Å². The summed E-state index contributed by atoms with van der Waals surface area (Å²) < 4.78 is 0. The lowest BCUT2D eigenvalue weighted by molar-refractivity contribution is 0.0951. The summed E-state index contributed by atoms with van der Waals surface area (Å²) in [6.45, 7) is 0.730. The molecule has 1 saturated carbocycles. The zero-order valence-electron chi connectivity index (χ0n) is 13.1. The standard InChI is InChI=1S/C18H18BNO4/c21-17(19(23)24)16-3-1-2-15(10-16)13-6-8-14(9-7-13)18(22)20-11-12-4-5-12/h1-3,6-10,12,23-24H,4-5,11H2,(H,20,22). The second-order valence-electron chi connectivity index (χ2n) is 6.05. The third-order valence-electron chi connectivity index (χ3n) is 4.11. The Morgan fingerprint density at radius 2 is 1.71 bits per heavy atom. The number of rotatable bonds is 6. The Bertz CT molecular complexity index is 754. The van der Waals surface area contributed by atoms with Crippen LogP contribution in [0.3, 0.4) is 0 Å². The molecule has 0 spiro atoms. The predicted molar refractivity (Wildman–Crippen MR) is 91.5 cm³/mol. The van der Waals surface area contributed by atoms with E-state index in [1.54, 1.807) is 24.3 Å². The van der Waals surface area contributed by atoms with Crippen LogP contribution in [-0.4, -0.2) is 35.3 Å². The number of carbonyl (C=O) groups excluding carboxylic acids is 2. The molecule has 1 fully saturated rings. The fraction of sp³-hybridized carbons (Fsp3) is 0.222. The van der Waals surface area contributed by atoms with Crippen LogP contribution in [0.1, 0.15) is 33.6 Å². The van der Waals surface area contributed by atoms with Crippen LogP contribution in [0.2, 0.25) is 0 Å². The van der Waals surface area contributed by atoms with Crippen LogP contribution in [0.5, 0.6) is 0 Å². The minimum absolute atomic E-state index is 0.0826. The highest BCUT2D eigenvalue weighted by Crippen LogP contribution is 2.27. The normalized spacial score (nSPS) is 13.4. The predicted octanol–water partition coefficient (Wildman–Crippen LogP) is 1.69. The molecule has 1 amide bonds. The van der Waals surface area contributed by atoms with Crippen LogP contribution in [0.4, 0.5) is 0 Å². The minimum atomic E-state index is -2.02. The Morgan fingerprint density at radius 1 is 1.00 bits per heavy atom. The van der Waals surface area contributed by atoms with Crippen molar-refractivity contribution < 1.29 is 19.6 Å². The summed E-state index contributed by atoms with van der Waals surface area (Å²) >= 11 is 0. The second-order valence-corrected chi connectivity index (χ2v) is 6.05. The molecule has 122 valence electrons. The van der Waals surface area contributed by atoms with E-state index in [-0.39, 0.29) is 11.5 Å². The molecule has 0 unspecified atom stereocenters. The van der Waals surface area contributed by atoms with Crippen molar-refractivity contribution in [3.63, 3.8) is 0 Å². The van der Waals surface area contributed by atoms with E-state index >= 15 is 0 Å². The highest BCUT2D eigenvalue weighted by Gasteiger charge is 2.22. The molecular weight excluding hydrogens is 305 g/mol. The largest absolute Gasteiger partial charge is 0.532 e. The van der Waals surface area contributed by atoms with Crippen molar-refractivity contribution in [3.05, 3.63) is 59.7 Å². The van der Waals surface area contributed by atoms with Gasteiger partial charge in [-0.15, -0.1) is 0 Å². The maximum atomic E-state index is 12.0. The maximum absolute atomic E-state index is 12.0. The molecule has 6 heteroatoms. The van der Waals surface area contributed by atoms with Gasteiger partial charge < -0.3 is 15.4 Å². The molecule has 24 heavy (non-hydrogen) atoms. The van der Waals surface area contributed by atoms with Gasteiger partial charge in [0.15, 0.2) is 5.68 Å². The van der Waals surface area contributed by atoms with Crippen LogP contribution in [-0.2, 0) is 0 Å². The van der Waals surface area contributed by atoms with Gasteiger partial charge in [0.05, 0.1) is 0 Å². The molecule has 3 rings (SSSR count). The lowest BCUT2D eigenvalue weighted by atomic mass is 9.79. The Balaban J connectivity index is 1.74. The Kier molecular flexibility index (Phi) is 4.78. The van der Waals surface area contributed by atoms with Gasteiger partial charge in [-0.05, 0) is 48.1 Å². The molecule has 0 bridgehead atoms. The van der Waals surface area contributed by atoms with E-state index in [1.807, 2.05) is 18.2 Å². The molecule has 1 aliphatic rings. The van der Waals surface area contributed by atoms with E-state index in [4.69, 9.17) is 10.0 Å². The van der Waals surface area contributed by atoms with Crippen LogP contribution in [0, 0.1) is 5.92 Å². The number of amides is 1. The molecule has 1 aliphatic carbocycles. The quantitative estimate of drug-likeness (QED) is 0.706. The molecule has 0 aromatic heterocycles. The molecule has 0 saturated heterocycles. The van der Waals surface area contributed by atoms with E-state index in [0.717, 1.165) is 17.7 Å². The number of hydrogen-bond donors (Lipinski definition) is 3. The number of hydrogen-bond acceptors (Lipinski definition) is 4. The van der Waals surface area contributed by atoms with E-state index in [2.05, 4.69) is 5.32 Å². The zero-order valence-corrected chi connectivity index (χ0v) is 13.1. The summed E-state index contributed by atoms with van der Waals surface area (Å²) in [7, 11) is -2.02. The van der Waals surface area contributed by atoms with Crippen molar-refractivity contribution >= 4 is 18.7 Å². The van der Waals surface area contributed by atoms with Gasteiger partial charge in [-0.1, -0.05) is 30.3 Å². The van der Waals surface area contributed by atoms with Gasteiger partial charge in [-0.25, -0.2) is 0 Å². The third kappa shape index (κ3) is 3.90. The van der Waals surface area contributed by atoms with E-state index in [9.17, 15) is 9.59 Å². The smallest absolute Gasteiger partial charge is 0.421 e. The average Bonchev–Trinajstić information content (AvgIpc) is 3.43. The van der Waals surface area contributed by atoms with Gasteiger partial charge in [0, 0.05) is 17.7 Å². The fourth-order valence-electron chi connectivity index (χ4n) is 2.48. The molecule has 5 nitrogen and oxygen atoms in total. The monoisotopic (exact) mass is 323 g/mol. The summed E-state index contributed by atoms with van der Waals surface area (Å²) in [4.78, 5) is 23.7. The average molecular weight is 323 g/mol. The van der Waals surface area contributed by atoms with Crippen molar-refractivity contribution in [1.29, 1.82) is 0 Å². The van der Waals surface area contributed by atoms with Crippen LogP contribution < -0.4 is 5.32 Å². The lowest BCUT2D eigenvalue weighted by Gasteiger charge is -2.07. The molecule has 2 aromatic carbocycles. The summed E-state index contributed by atoms with van der Waals surface area (Å²) in [6.07, 6.45) is 2.38. The van der Waals surface area contributed by atoms with Gasteiger partial charge in [-0.2, -0.15) is 0 Å². The van der Waals surface area contributed by atoms with Gasteiger partial charge in [0.2, 0.25) is 0 Å². The van der Waals surface area contributed by atoms with Gasteiger partial charge >= 0.3 is 7.12 Å². The highest BCUT2D eigenvalue weighted by atomic mass is 16.4. The van der Waals surface area contributed by atoms with Crippen molar-refractivity contribution in [3.8, 4) is 11.1 Å². The second kappa shape index (κ2) is 6.99. The SMILES string of the molecule is O=C(NCC1CC1)c1ccc(-c2cccc(C(=O)B(O)O)c2)cc1. The molecule has 0 radical (unpaired) electrons. The van der Waals surface area contributed by atoms with E-state index in [1.165, 1.54) is 18.9 Å². The van der Waals surface area contributed by atoms with Crippen molar-refractivity contribution in [1.82, 2.24) is 5.32 Å². The molecule has 0 atom stereocenters. The lowest BCUT2D eigenvalue weighted by Crippen LogP contribution is -2.25. The first-order valence-corrected chi connectivity index (χ1v) is 7.93. The summed E-state index contributed by atoms with van der Waals surface area (Å²) in [6, 6.07) is 13.7. The van der Waals surface area contributed by atoms with Crippen LogP contribution in [0.25, 0.3) is 11.1 Å². The molecule has 0 aliphatic heterocycles. The summed E-state index contributed by atoms with van der Waals surface area (Å²) in [5.74, 6) is 0.552. The van der Waals surface area contributed by atoms with Gasteiger partial charge in [-0.3, -0.25) is 9.59 Å². The molecule has 2 aromatic rings. The number of benzene rings is 2. The van der Waals surface area contributed by atoms with Gasteiger partial charge in [0.25, 0.3) is 5.91 Å². The molecule has 3 N–H and O–H groups in total. The topological polar surface area (TPSA) is 86.6 Å². The Hall–Kier alpha value is -2.44. The highest BCUT2D eigenvalue weighted by molar-refractivity contribution is 6.81. The van der Waals surface area contributed by atoms with Crippen molar-refractivity contribution in [2.45, 2.75) is 12.8 Å². The number of nitrogens with one attached hydrogen (secondary N) is 1. The summed E-state index contributed by atoms with van der Waals surface area (Å²) in [5.41, 5.74) is 1.70. The summed E-state index contributed by atoms with van der Waals surface area (Å²) in [5, 5.41) is 20.9. The van der Waals surface area contributed by atoms with Crippen LogP contribution in [0.15, 0.2) is 48.5 Å². The fourth-order valence-corrected chi connectivity index (χ4v) is 2.48. The third-order valence-corrected chi connectivity index (χ3v) is 4.11. The van der Waals surface area contributed by atoms with Gasteiger partial charge in [0.1, 0.15) is 0 Å². The van der Waals surface area contributed by atoms with Crippen LogP contribution >= 0.6 is 0 Å². The molecule has 0 heterocycles. The zero-order chi connectivity index (χ0) is 17.1. The first kappa shape index (κ1) is 16.4. The maximum Gasteiger partial charge on any atom is 0.532 e. The Morgan fingerprint density at radius 3 is 2.33 bits per heavy atom. The minimum Gasteiger partial charge on any atom is -0.421 e. The van der Waals surface area contributed by atoms with E-state index in [0.29, 0.717) is 11.5 Å². The Labute approximate surface area is 140 Å². The first-order chi connectivity index (χ1) is 11.5. The van der Waals surface area contributed by atoms with Crippen molar-refractivity contribution in [2.24, 2.45) is 5.92 Å². The first-order valence-electron chi connectivity index (χ1n) is 7.93. The number of carbonyl (C=O) groups is 2. The molecular formula is C18H18BNO4. The van der Waals surface area contributed by atoms with Crippen molar-refractivity contribution in [2.75, 3.05) is 6.54 Å².